The minimum Gasteiger partial charge on any atom is -0.460 e. The molecular weight excluding hydrogens is 220 g/mol. The summed E-state index contributed by atoms with van der Waals surface area (Å²) in [7, 11) is 0. The molecule has 0 spiro atoms. The highest BCUT2D eigenvalue weighted by molar-refractivity contribution is 5.93. The Balaban J connectivity index is 0.00000121. The number of nitrogens with zero attached hydrogens (tertiary/aromatic N) is 2. The van der Waals surface area contributed by atoms with Crippen molar-refractivity contribution in [2.45, 2.75) is 27.7 Å². The minimum atomic E-state index is -0.556. The molecule has 1 aromatic rings. The second-order valence-electron chi connectivity index (χ2n) is 2.78. The zero-order valence-corrected chi connectivity index (χ0v) is 10.6. The lowest BCUT2D eigenvalue weighted by Crippen LogP contribution is -2.06. The van der Waals surface area contributed by atoms with Crippen LogP contribution in [0, 0.1) is 5.41 Å². The summed E-state index contributed by atoms with van der Waals surface area (Å²) < 4.78 is 4.72. The molecule has 0 fully saturated rings. The number of aromatic amines is 1. The van der Waals surface area contributed by atoms with Crippen LogP contribution in [0.25, 0.3) is 6.08 Å². The summed E-state index contributed by atoms with van der Waals surface area (Å²) in [4.78, 5) is 15.0. The molecule has 6 nitrogen and oxygen atoms in total. The SMILES string of the molecule is CC.CCOC(=O)c1n[nH]c(/C=C\C(C)=N)n1. The van der Waals surface area contributed by atoms with Crippen molar-refractivity contribution in [1.82, 2.24) is 15.2 Å². The highest BCUT2D eigenvalue weighted by Crippen LogP contribution is 1.97. The van der Waals surface area contributed by atoms with Crippen molar-refractivity contribution in [1.29, 1.82) is 5.41 Å². The van der Waals surface area contributed by atoms with Gasteiger partial charge in [0, 0.05) is 5.71 Å². The molecule has 0 saturated carbocycles. The van der Waals surface area contributed by atoms with E-state index < -0.39 is 5.97 Å². The van der Waals surface area contributed by atoms with Crippen molar-refractivity contribution in [3.63, 3.8) is 0 Å². The molecule has 2 N–H and O–H groups in total. The third kappa shape index (κ3) is 5.60. The molecule has 0 bridgehead atoms. The van der Waals surface area contributed by atoms with E-state index >= 15 is 0 Å². The van der Waals surface area contributed by atoms with Gasteiger partial charge < -0.3 is 10.1 Å². The van der Waals surface area contributed by atoms with E-state index in [0.717, 1.165) is 0 Å². The zero-order chi connectivity index (χ0) is 13.3. The number of hydrogen-bond acceptors (Lipinski definition) is 5. The molecule has 0 saturated heterocycles. The van der Waals surface area contributed by atoms with Gasteiger partial charge in [0.25, 0.3) is 5.82 Å². The smallest absolute Gasteiger partial charge is 0.378 e. The molecule has 17 heavy (non-hydrogen) atoms. The Morgan fingerprint density at radius 3 is 2.71 bits per heavy atom. The van der Waals surface area contributed by atoms with E-state index in [4.69, 9.17) is 10.1 Å². The van der Waals surface area contributed by atoms with Crippen molar-refractivity contribution in [3.8, 4) is 0 Å². The Morgan fingerprint density at radius 2 is 2.18 bits per heavy atom. The highest BCUT2D eigenvalue weighted by Gasteiger charge is 2.11. The van der Waals surface area contributed by atoms with Crippen molar-refractivity contribution in [2.75, 3.05) is 6.61 Å². The van der Waals surface area contributed by atoms with E-state index in [1.54, 1.807) is 26.0 Å². The molecule has 0 aliphatic carbocycles. The molecule has 0 unspecified atom stereocenters. The predicted molar refractivity (Wildman–Crippen MR) is 66.1 cm³/mol. The number of allylic oxidation sites excluding steroid dienone is 1. The third-order valence-electron chi connectivity index (χ3n) is 1.45. The fraction of sp³-hybridized carbons (Fsp3) is 0.455. The first-order valence-electron chi connectivity index (χ1n) is 5.46. The molecule has 0 aliphatic rings. The number of carbonyl (C=O) groups is 1. The quantitative estimate of drug-likeness (QED) is 0.620. The highest BCUT2D eigenvalue weighted by atomic mass is 16.5. The molecular formula is C11H18N4O2. The van der Waals surface area contributed by atoms with Gasteiger partial charge in [0.2, 0.25) is 0 Å². The van der Waals surface area contributed by atoms with Gasteiger partial charge in [-0.3, -0.25) is 5.10 Å². The van der Waals surface area contributed by atoms with E-state index in [9.17, 15) is 4.79 Å². The molecule has 0 aliphatic heterocycles. The van der Waals surface area contributed by atoms with E-state index in [2.05, 4.69) is 15.2 Å². The fourth-order valence-corrected chi connectivity index (χ4v) is 0.840. The number of nitrogens with one attached hydrogen (secondary N) is 2. The van der Waals surface area contributed by atoms with Crippen LogP contribution in [0.3, 0.4) is 0 Å². The van der Waals surface area contributed by atoms with Crippen LogP contribution in [0.1, 0.15) is 44.1 Å². The van der Waals surface area contributed by atoms with Crippen LogP contribution in [0.2, 0.25) is 0 Å². The van der Waals surface area contributed by atoms with Crippen molar-refractivity contribution >= 4 is 17.8 Å². The second kappa shape index (κ2) is 8.20. The van der Waals surface area contributed by atoms with Crippen LogP contribution in [0.4, 0.5) is 0 Å². The number of hydrogen-bond donors (Lipinski definition) is 2. The van der Waals surface area contributed by atoms with E-state index in [-0.39, 0.29) is 12.4 Å². The molecule has 1 rings (SSSR count). The van der Waals surface area contributed by atoms with Crippen LogP contribution >= 0.6 is 0 Å². The Kier molecular flexibility index (Phi) is 7.25. The Morgan fingerprint density at radius 1 is 1.53 bits per heavy atom. The summed E-state index contributed by atoms with van der Waals surface area (Å²) in [6, 6.07) is 0. The monoisotopic (exact) mass is 238 g/mol. The van der Waals surface area contributed by atoms with Crippen LogP contribution in [-0.4, -0.2) is 33.5 Å². The number of esters is 1. The van der Waals surface area contributed by atoms with Gasteiger partial charge in [0.05, 0.1) is 6.61 Å². The van der Waals surface area contributed by atoms with Crippen molar-refractivity contribution < 1.29 is 9.53 Å². The minimum absolute atomic E-state index is 0.000802. The second-order valence-corrected chi connectivity index (χ2v) is 2.78. The van der Waals surface area contributed by atoms with Gasteiger partial charge in [0.1, 0.15) is 5.82 Å². The van der Waals surface area contributed by atoms with Crippen LogP contribution in [0.15, 0.2) is 6.08 Å². The number of H-pyrrole nitrogens is 1. The lowest BCUT2D eigenvalue weighted by molar-refractivity contribution is 0.0512. The third-order valence-corrected chi connectivity index (χ3v) is 1.45. The van der Waals surface area contributed by atoms with Gasteiger partial charge in [0.15, 0.2) is 0 Å². The summed E-state index contributed by atoms with van der Waals surface area (Å²) in [5.41, 5.74) is 0.393. The molecule has 94 valence electrons. The average Bonchev–Trinajstić information content (AvgIpc) is 2.78. The van der Waals surface area contributed by atoms with E-state index in [0.29, 0.717) is 11.5 Å². The van der Waals surface area contributed by atoms with Gasteiger partial charge >= 0.3 is 5.97 Å². The van der Waals surface area contributed by atoms with Crippen molar-refractivity contribution in [2.24, 2.45) is 0 Å². The molecule has 0 atom stereocenters. The predicted octanol–water partition coefficient (Wildman–Crippen LogP) is 2.06. The number of ether oxygens (including phenoxy) is 1. The lowest BCUT2D eigenvalue weighted by Gasteiger charge is -1.93. The van der Waals surface area contributed by atoms with Gasteiger partial charge in [-0.05, 0) is 26.0 Å². The maximum atomic E-state index is 11.2. The number of aromatic nitrogens is 3. The molecule has 0 aromatic carbocycles. The standard InChI is InChI=1S/C9H12N4O2.C2H6/c1-3-15-9(14)8-11-7(12-13-8)5-4-6(2)10;1-2/h4-5,10H,3H2,1-2H3,(H,11,12,13);1-2H3/b5-4-,10-6?;. The van der Waals surface area contributed by atoms with Gasteiger partial charge in [-0.2, -0.15) is 0 Å². The number of carbonyl (C=O) groups excluding carboxylic acids is 1. The van der Waals surface area contributed by atoms with Crippen LogP contribution < -0.4 is 0 Å². The summed E-state index contributed by atoms with van der Waals surface area (Å²) in [5, 5.41) is 13.4. The Hall–Kier alpha value is -1.98. The first-order chi connectivity index (χ1) is 8.13. The summed E-state index contributed by atoms with van der Waals surface area (Å²) >= 11 is 0. The van der Waals surface area contributed by atoms with Gasteiger partial charge in [-0.15, -0.1) is 5.10 Å². The first kappa shape index (κ1) is 15.0. The maximum Gasteiger partial charge on any atom is 0.378 e. The molecule has 1 aromatic heterocycles. The topological polar surface area (TPSA) is 91.7 Å². The summed E-state index contributed by atoms with van der Waals surface area (Å²) in [5.74, 6) is -0.135. The zero-order valence-electron chi connectivity index (χ0n) is 10.6. The molecule has 6 heteroatoms. The summed E-state index contributed by atoms with van der Waals surface area (Å²) in [6.45, 7) is 7.64. The summed E-state index contributed by atoms with van der Waals surface area (Å²) in [6.07, 6.45) is 3.12. The number of rotatable bonds is 4. The Bertz CT molecular complexity index is 396. The van der Waals surface area contributed by atoms with Crippen LogP contribution in [-0.2, 0) is 4.74 Å². The first-order valence-corrected chi connectivity index (χ1v) is 5.46. The molecule has 0 radical (unpaired) electrons. The normalized spacial score (nSPS) is 9.65. The van der Waals surface area contributed by atoms with Gasteiger partial charge in [-0.25, -0.2) is 9.78 Å². The Labute approximate surface area is 101 Å². The van der Waals surface area contributed by atoms with Gasteiger partial charge in [-0.1, -0.05) is 13.8 Å². The molecule has 1 heterocycles. The molecule has 0 amide bonds. The lowest BCUT2D eigenvalue weighted by atomic mass is 10.4. The largest absolute Gasteiger partial charge is 0.460 e. The van der Waals surface area contributed by atoms with Crippen molar-refractivity contribution in [3.05, 3.63) is 17.7 Å². The van der Waals surface area contributed by atoms with E-state index in [1.165, 1.54) is 0 Å². The average molecular weight is 238 g/mol. The fourth-order valence-electron chi connectivity index (χ4n) is 0.840. The maximum absolute atomic E-state index is 11.2. The van der Waals surface area contributed by atoms with Crippen LogP contribution in [0.5, 0.6) is 0 Å². The van der Waals surface area contributed by atoms with E-state index in [1.807, 2.05) is 13.8 Å².